The molecule has 0 saturated carbocycles. The predicted octanol–water partition coefficient (Wildman–Crippen LogP) is 8.00. The van der Waals surface area contributed by atoms with Gasteiger partial charge in [0.15, 0.2) is 0 Å². The molecule has 0 bridgehead atoms. The number of fused-ring (bicyclic) bond motifs is 1. The Hall–Kier alpha value is -4.70. The fourth-order valence-electron chi connectivity index (χ4n) is 5.59. The first-order valence-electron chi connectivity index (χ1n) is 15.7. The van der Waals surface area contributed by atoms with E-state index in [2.05, 4.69) is 44.0 Å². The molecule has 3 aromatic heterocycles. The number of anilines is 1. The van der Waals surface area contributed by atoms with Crippen molar-refractivity contribution in [2.24, 2.45) is 0 Å². The molecule has 0 aliphatic carbocycles. The first-order valence-corrected chi connectivity index (χ1v) is 18.6. The highest BCUT2D eigenvalue weighted by molar-refractivity contribution is 6.74. The third-order valence-electron chi connectivity index (χ3n) is 9.29. The Balaban J connectivity index is 1.65. The molecule has 0 unspecified atom stereocenters. The third kappa shape index (κ3) is 6.34. The van der Waals surface area contributed by atoms with E-state index < -0.39 is 19.8 Å². The van der Waals surface area contributed by atoms with Crippen LogP contribution in [0, 0.1) is 27.7 Å². The number of rotatable bonds is 8. The molecule has 0 fully saturated rings. The van der Waals surface area contributed by atoms with Gasteiger partial charge in [-0.25, -0.2) is 0 Å². The molecule has 1 amide bonds. The zero-order valence-electron chi connectivity index (χ0n) is 29.2. The lowest BCUT2D eigenvalue weighted by Crippen LogP contribution is -2.44. The topological polar surface area (TPSA) is 99.7 Å². The SMILES string of the molecule is COc1cc2c(cc1-c1c(C)noc1C)cc(C(=O)N(C)c1cc(C)c(O[Si](C)(C)C(C)(C)C)c(C)c1)c(=O)n2Cc1ccccn1. The maximum absolute atomic E-state index is 14.2. The quantitative estimate of drug-likeness (QED) is 0.157. The van der Waals surface area contributed by atoms with Gasteiger partial charge in [0.1, 0.15) is 22.8 Å². The summed E-state index contributed by atoms with van der Waals surface area (Å²) in [7, 11) is 1.20. The van der Waals surface area contributed by atoms with E-state index in [1.807, 2.05) is 70.2 Å². The molecule has 2 aromatic carbocycles. The van der Waals surface area contributed by atoms with Crippen LogP contribution < -0.4 is 19.6 Å². The van der Waals surface area contributed by atoms with E-state index in [4.69, 9.17) is 13.7 Å². The number of carbonyl (C=O) groups excluding carboxylic acids is 1. The van der Waals surface area contributed by atoms with Crippen molar-refractivity contribution in [3.8, 4) is 22.6 Å². The molecule has 0 atom stereocenters. The number of aromatic nitrogens is 3. The highest BCUT2D eigenvalue weighted by Gasteiger charge is 2.39. The summed E-state index contributed by atoms with van der Waals surface area (Å²) in [4.78, 5) is 34.5. The molecular formula is C37H44N4O5Si. The highest BCUT2D eigenvalue weighted by Crippen LogP contribution is 2.41. The maximum Gasteiger partial charge on any atom is 0.264 e. The van der Waals surface area contributed by atoms with Crippen molar-refractivity contribution < 1.29 is 18.5 Å². The van der Waals surface area contributed by atoms with Gasteiger partial charge in [0, 0.05) is 35.9 Å². The van der Waals surface area contributed by atoms with Crippen molar-refractivity contribution in [2.45, 2.75) is 73.1 Å². The molecule has 0 spiro atoms. The van der Waals surface area contributed by atoms with Crippen LogP contribution >= 0.6 is 0 Å². The number of methoxy groups -OCH3 is 1. The van der Waals surface area contributed by atoms with Gasteiger partial charge in [-0.15, -0.1) is 0 Å². The van der Waals surface area contributed by atoms with Gasteiger partial charge in [-0.3, -0.25) is 14.6 Å². The van der Waals surface area contributed by atoms with Gasteiger partial charge in [-0.2, -0.15) is 0 Å². The second kappa shape index (κ2) is 12.5. The van der Waals surface area contributed by atoms with Crippen LogP contribution in [-0.4, -0.2) is 43.1 Å². The molecule has 5 rings (SSSR count). The van der Waals surface area contributed by atoms with Gasteiger partial charge in [0.05, 0.1) is 36.1 Å². The number of pyridine rings is 2. The molecule has 0 aliphatic rings. The minimum absolute atomic E-state index is 0.0396. The van der Waals surface area contributed by atoms with Crippen LogP contribution in [-0.2, 0) is 6.54 Å². The summed E-state index contributed by atoms with van der Waals surface area (Å²) in [5.41, 5.74) is 5.76. The van der Waals surface area contributed by atoms with E-state index >= 15 is 0 Å². The summed E-state index contributed by atoms with van der Waals surface area (Å²) in [6.45, 7) is 19.0. The molecule has 47 heavy (non-hydrogen) atoms. The number of ether oxygens (including phenoxy) is 1. The van der Waals surface area contributed by atoms with Crippen LogP contribution in [0.4, 0.5) is 5.69 Å². The number of aryl methyl sites for hydroxylation is 4. The highest BCUT2D eigenvalue weighted by atomic mass is 28.4. The lowest BCUT2D eigenvalue weighted by Gasteiger charge is -2.37. The third-order valence-corrected chi connectivity index (χ3v) is 13.6. The second-order valence-electron chi connectivity index (χ2n) is 13.7. The average molecular weight is 653 g/mol. The standard InChI is InChI=1S/C37H44N4O5Si/c1-22-16-28(17-23(2)34(22)46-47(10,11)37(5,6)7)40(8)35(42)30-19-26-18-29(33-24(3)39-45-25(33)4)32(44-9)20-31(26)41(36(30)43)21-27-14-12-13-15-38-27/h12-20H,21H2,1-11H3. The van der Waals surface area contributed by atoms with E-state index in [9.17, 15) is 9.59 Å². The monoisotopic (exact) mass is 652 g/mol. The predicted molar refractivity (Wildman–Crippen MR) is 190 cm³/mol. The Kier molecular flexibility index (Phi) is 8.94. The number of amides is 1. The zero-order chi connectivity index (χ0) is 34.4. The fourth-order valence-corrected chi connectivity index (χ4v) is 6.73. The van der Waals surface area contributed by atoms with Crippen molar-refractivity contribution in [3.05, 3.63) is 98.9 Å². The summed E-state index contributed by atoms with van der Waals surface area (Å²) >= 11 is 0. The molecule has 0 saturated heterocycles. The van der Waals surface area contributed by atoms with Crippen molar-refractivity contribution in [3.63, 3.8) is 0 Å². The smallest absolute Gasteiger partial charge is 0.264 e. The van der Waals surface area contributed by atoms with E-state index in [0.717, 1.165) is 28.0 Å². The first kappa shape index (κ1) is 33.7. The Labute approximate surface area is 277 Å². The molecule has 0 aliphatic heterocycles. The number of benzene rings is 2. The lowest BCUT2D eigenvalue weighted by atomic mass is 9.99. The summed E-state index contributed by atoms with van der Waals surface area (Å²) in [5.74, 6) is 1.64. The Bertz CT molecular complexity index is 2000. The van der Waals surface area contributed by atoms with Crippen LogP contribution in [0.3, 0.4) is 0 Å². The van der Waals surface area contributed by atoms with E-state index in [1.165, 1.54) is 4.90 Å². The molecule has 0 radical (unpaired) electrons. The molecule has 10 heteroatoms. The fraction of sp³-hybridized carbons (Fsp3) is 0.351. The van der Waals surface area contributed by atoms with Crippen molar-refractivity contribution >= 4 is 30.8 Å². The van der Waals surface area contributed by atoms with Gasteiger partial charge in [-0.05, 0) is 93.4 Å². The number of carbonyl (C=O) groups is 1. The zero-order valence-corrected chi connectivity index (χ0v) is 30.2. The summed E-state index contributed by atoms with van der Waals surface area (Å²) in [6.07, 6.45) is 1.69. The number of hydrogen-bond donors (Lipinski definition) is 0. The molecule has 246 valence electrons. The van der Waals surface area contributed by atoms with Crippen LogP contribution in [0.1, 0.15) is 59.4 Å². The molecular weight excluding hydrogens is 609 g/mol. The van der Waals surface area contributed by atoms with Gasteiger partial charge < -0.3 is 23.2 Å². The average Bonchev–Trinajstić information content (AvgIpc) is 3.35. The lowest BCUT2D eigenvalue weighted by molar-refractivity contribution is 0.0991. The maximum atomic E-state index is 14.2. The molecule has 3 heterocycles. The minimum atomic E-state index is -2.09. The van der Waals surface area contributed by atoms with E-state index in [-0.39, 0.29) is 17.1 Å². The largest absolute Gasteiger partial charge is 0.543 e. The molecule has 5 aromatic rings. The van der Waals surface area contributed by atoms with Gasteiger partial charge >= 0.3 is 0 Å². The van der Waals surface area contributed by atoms with Crippen LogP contribution in [0.5, 0.6) is 11.5 Å². The van der Waals surface area contributed by atoms with Crippen molar-refractivity contribution in [1.29, 1.82) is 0 Å². The van der Waals surface area contributed by atoms with Crippen LogP contribution in [0.15, 0.2) is 64.0 Å². The van der Waals surface area contributed by atoms with Gasteiger partial charge in [-0.1, -0.05) is 32.0 Å². The Morgan fingerprint density at radius 3 is 2.26 bits per heavy atom. The van der Waals surface area contributed by atoms with E-state index in [1.54, 1.807) is 31.0 Å². The van der Waals surface area contributed by atoms with Crippen LogP contribution in [0.2, 0.25) is 18.1 Å². The van der Waals surface area contributed by atoms with E-state index in [0.29, 0.717) is 39.5 Å². The van der Waals surface area contributed by atoms with Crippen molar-refractivity contribution in [1.82, 2.24) is 14.7 Å². The summed E-state index contributed by atoms with van der Waals surface area (Å²) in [6, 6.07) is 14.9. The van der Waals surface area contributed by atoms with Gasteiger partial charge in [0.25, 0.3) is 19.8 Å². The minimum Gasteiger partial charge on any atom is -0.543 e. The summed E-state index contributed by atoms with van der Waals surface area (Å²) in [5, 5.41) is 4.86. The number of hydrogen-bond acceptors (Lipinski definition) is 7. The Morgan fingerprint density at radius 1 is 1.02 bits per heavy atom. The van der Waals surface area contributed by atoms with Crippen molar-refractivity contribution in [2.75, 3.05) is 19.1 Å². The van der Waals surface area contributed by atoms with Crippen LogP contribution in [0.25, 0.3) is 22.0 Å². The second-order valence-corrected chi connectivity index (χ2v) is 18.4. The first-order chi connectivity index (χ1) is 22.0. The molecule has 9 nitrogen and oxygen atoms in total. The Morgan fingerprint density at radius 2 is 1.70 bits per heavy atom. The normalized spacial score (nSPS) is 12.0. The van der Waals surface area contributed by atoms with Gasteiger partial charge in [0.2, 0.25) is 0 Å². The molecule has 0 N–H and O–H groups in total. The number of nitrogens with zero attached hydrogens (tertiary/aromatic N) is 4. The summed E-state index contributed by atoms with van der Waals surface area (Å²) < 4.78 is 19.5.